The summed E-state index contributed by atoms with van der Waals surface area (Å²) in [6.07, 6.45) is 0. The molecule has 4 aromatic rings. The Balaban J connectivity index is 1.93. The maximum Gasteiger partial charge on any atom is 0.238 e. The number of benzene rings is 3. The molecule has 0 radical (unpaired) electrons. The summed E-state index contributed by atoms with van der Waals surface area (Å²) in [5, 5.41) is 5.34. The summed E-state index contributed by atoms with van der Waals surface area (Å²) in [5.41, 5.74) is 2.93. The average molecular weight is 442 g/mol. The lowest BCUT2D eigenvalue weighted by Crippen LogP contribution is -2.13. The number of nitrogens with two attached hydrogens (primary N) is 1. The van der Waals surface area contributed by atoms with Crippen molar-refractivity contribution in [2.24, 2.45) is 5.14 Å². The molecule has 0 atom stereocenters. The van der Waals surface area contributed by atoms with Crippen LogP contribution in [0.15, 0.2) is 70.0 Å². The van der Waals surface area contributed by atoms with Crippen LogP contribution in [0.3, 0.4) is 0 Å². The van der Waals surface area contributed by atoms with Crippen LogP contribution >= 0.6 is 15.9 Å². The zero-order chi connectivity index (χ0) is 18.8. The van der Waals surface area contributed by atoms with Gasteiger partial charge in [-0.15, -0.1) is 0 Å². The summed E-state index contributed by atoms with van der Waals surface area (Å²) in [6, 6.07) is 18.2. The molecule has 0 saturated carbocycles. The Morgan fingerprint density at radius 1 is 1.00 bits per heavy atom. The quantitative estimate of drug-likeness (QED) is 0.444. The minimum atomic E-state index is -3.89. The summed E-state index contributed by atoms with van der Waals surface area (Å²) in [7, 11) is -3.89. The van der Waals surface area contributed by atoms with Crippen molar-refractivity contribution in [1.82, 2.24) is 9.55 Å². The highest BCUT2D eigenvalue weighted by atomic mass is 79.9. The molecule has 1 aliphatic rings. The lowest BCUT2D eigenvalue weighted by molar-refractivity contribution is 0.474. The van der Waals surface area contributed by atoms with Gasteiger partial charge < -0.3 is 4.74 Å². The number of para-hydroxylation sites is 2. The van der Waals surface area contributed by atoms with Gasteiger partial charge in [-0.1, -0.05) is 40.2 Å². The predicted molar refractivity (Wildman–Crippen MR) is 106 cm³/mol. The molecular weight excluding hydrogens is 430 g/mol. The van der Waals surface area contributed by atoms with Crippen molar-refractivity contribution in [1.29, 1.82) is 0 Å². The lowest BCUT2D eigenvalue weighted by Gasteiger charge is -2.21. The van der Waals surface area contributed by atoms with Crippen molar-refractivity contribution in [3.63, 3.8) is 0 Å². The highest BCUT2D eigenvalue weighted by molar-refractivity contribution is 9.10. The van der Waals surface area contributed by atoms with Gasteiger partial charge in [0.2, 0.25) is 10.0 Å². The SMILES string of the molecule is NS(=O)(=O)c1cc2c3c(c1)nc(-c1cccc(Br)c1)n3-c1ccccc1O2. The summed E-state index contributed by atoms with van der Waals surface area (Å²) in [5.74, 6) is 1.71. The molecular formula is C19H12BrN3O3S. The zero-order valence-electron chi connectivity index (χ0n) is 13.8. The number of hydrogen-bond donors (Lipinski definition) is 1. The van der Waals surface area contributed by atoms with Gasteiger partial charge in [0, 0.05) is 16.1 Å². The second-order valence-electron chi connectivity index (χ2n) is 6.19. The topological polar surface area (TPSA) is 87.2 Å². The van der Waals surface area contributed by atoms with Gasteiger partial charge in [-0.2, -0.15) is 0 Å². The van der Waals surface area contributed by atoms with E-state index in [0.717, 1.165) is 15.7 Å². The third-order valence-electron chi connectivity index (χ3n) is 4.43. The average Bonchev–Trinajstić information content (AvgIpc) is 3.02. The molecule has 3 aromatic carbocycles. The molecule has 0 aliphatic carbocycles. The summed E-state index contributed by atoms with van der Waals surface area (Å²) < 4.78 is 32.7. The van der Waals surface area contributed by atoms with E-state index in [2.05, 4.69) is 15.9 Å². The van der Waals surface area contributed by atoms with Crippen molar-refractivity contribution in [2.75, 3.05) is 0 Å². The molecule has 5 rings (SSSR count). The molecule has 2 N–H and O–H groups in total. The van der Waals surface area contributed by atoms with E-state index < -0.39 is 10.0 Å². The minimum Gasteiger partial charge on any atom is -0.453 e. The molecule has 6 nitrogen and oxygen atoms in total. The molecule has 1 aliphatic heterocycles. The lowest BCUT2D eigenvalue weighted by atomic mass is 10.2. The number of fused-ring (bicyclic) bond motifs is 2. The molecule has 2 heterocycles. The van der Waals surface area contributed by atoms with E-state index in [-0.39, 0.29) is 4.90 Å². The number of primary sulfonamides is 1. The second kappa shape index (κ2) is 5.66. The number of sulfonamides is 1. The van der Waals surface area contributed by atoms with Crippen LogP contribution in [0.5, 0.6) is 11.5 Å². The van der Waals surface area contributed by atoms with Crippen molar-refractivity contribution >= 4 is 37.0 Å². The number of hydrogen-bond acceptors (Lipinski definition) is 4. The van der Waals surface area contributed by atoms with E-state index in [1.54, 1.807) is 0 Å². The molecule has 1 aromatic heterocycles. The fourth-order valence-corrected chi connectivity index (χ4v) is 4.24. The smallest absolute Gasteiger partial charge is 0.238 e. The van der Waals surface area contributed by atoms with Crippen LogP contribution in [0.4, 0.5) is 0 Å². The fourth-order valence-electron chi connectivity index (χ4n) is 3.29. The Bertz CT molecular complexity index is 1350. The van der Waals surface area contributed by atoms with Gasteiger partial charge >= 0.3 is 0 Å². The third kappa shape index (κ3) is 2.56. The number of nitrogens with zero attached hydrogens (tertiary/aromatic N) is 2. The molecule has 27 heavy (non-hydrogen) atoms. The Labute approximate surface area is 163 Å². The predicted octanol–water partition coefficient (Wildman–Crippen LogP) is 4.21. The van der Waals surface area contributed by atoms with E-state index in [4.69, 9.17) is 14.9 Å². The molecule has 134 valence electrons. The highest BCUT2D eigenvalue weighted by Gasteiger charge is 2.27. The molecule has 0 saturated heterocycles. The molecule has 8 heteroatoms. The maximum atomic E-state index is 11.9. The Kier molecular flexibility index (Phi) is 3.45. The van der Waals surface area contributed by atoms with Gasteiger partial charge in [-0.05, 0) is 30.3 Å². The van der Waals surface area contributed by atoms with E-state index in [9.17, 15) is 8.42 Å². The largest absolute Gasteiger partial charge is 0.453 e. The first-order valence-electron chi connectivity index (χ1n) is 8.04. The summed E-state index contributed by atoms with van der Waals surface area (Å²) >= 11 is 3.49. The van der Waals surface area contributed by atoms with Gasteiger partial charge in [-0.3, -0.25) is 4.57 Å². The fraction of sp³-hybridized carbons (Fsp3) is 0. The van der Waals surface area contributed by atoms with Crippen LogP contribution in [0.2, 0.25) is 0 Å². The van der Waals surface area contributed by atoms with Crippen LogP contribution in [0.25, 0.3) is 28.1 Å². The first-order chi connectivity index (χ1) is 12.9. The summed E-state index contributed by atoms with van der Waals surface area (Å²) in [4.78, 5) is 4.68. The van der Waals surface area contributed by atoms with Crippen LogP contribution < -0.4 is 9.88 Å². The Morgan fingerprint density at radius 3 is 2.59 bits per heavy atom. The number of imidazole rings is 1. The van der Waals surface area contributed by atoms with Gasteiger partial charge in [-0.25, -0.2) is 18.5 Å². The van der Waals surface area contributed by atoms with Crippen molar-refractivity contribution in [3.05, 3.63) is 65.1 Å². The first kappa shape index (κ1) is 16.5. The standard InChI is InChI=1S/C19H12BrN3O3S/c20-12-5-3-4-11(8-12)19-22-14-9-13(27(21,24)25)10-17-18(14)23(19)15-6-1-2-7-16(15)26-17/h1-10H,(H2,21,24,25). The van der Waals surface area contributed by atoms with Crippen LogP contribution in [0.1, 0.15) is 0 Å². The molecule has 0 spiro atoms. The second-order valence-corrected chi connectivity index (χ2v) is 8.66. The third-order valence-corrected chi connectivity index (χ3v) is 5.81. The van der Waals surface area contributed by atoms with Crippen LogP contribution in [-0.2, 0) is 10.0 Å². The number of halogens is 1. The normalized spacial score (nSPS) is 12.7. The number of aromatic nitrogens is 2. The summed E-state index contributed by atoms with van der Waals surface area (Å²) in [6.45, 7) is 0. The molecule has 0 amide bonds. The van der Waals surface area contributed by atoms with Gasteiger partial charge in [0.15, 0.2) is 11.5 Å². The molecule has 0 unspecified atom stereocenters. The minimum absolute atomic E-state index is 0.0326. The van der Waals surface area contributed by atoms with Crippen LogP contribution in [0, 0.1) is 0 Å². The Hall–Kier alpha value is -2.68. The first-order valence-corrected chi connectivity index (χ1v) is 10.4. The van der Waals surface area contributed by atoms with E-state index in [1.165, 1.54) is 12.1 Å². The molecule has 0 bridgehead atoms. The van der Waals surface area contributed by atoms with E-state index >= 15 is 0 Å². The van der Waals surface area contributed by atoms with Crippen molar-refractivity contribution in [3.8, 4) is 28.6 Å². The maximum absolute atomic E-state index is 11.9. The van der Waals surface area contributed by atoms with Gasteiger partial charge in [0.25, 0.3) is 0 Å². The number of ether oxygens (including phenoxy) is 1. The highest BCUT2D eigenvalue weighted by Crippen LogP contribution is 2.44. The molecule has 0 fully saturated rings. The van der Waals surface area contributed by atoms with Crippen LogP contribution in [-0.4, -0.2) is 18.0 Å². The van der Waals surface area contributed by atoms with Gasteiger partial charge in [0.05, 0.1) is 16.1 Å². The zero-order valence-corrected chi connectivity index (χ0v) is 16.2. The number of rotatable bonds is 2. The van der Waals surface area contributed by atoms with Gasteiger partial charge in [0.1, 0.15) is 11.3 Å². The van der Waals surface area contributed by atoms with E-state index in [0.29, 0.717) is 28.4 Å². The van der Waals surface area contributed by atoms with E-state index in [1.807, 2.05) is 53.1 Å². The van der Waals surface area contributed by atoms with Crippen molar-refractivity contribution < 1.29 is 13.2 Å². The van der Waals surface area contributed by atoms with Crippen molar-refractivity contribution in [2.45, 2.75) is 4.90 Å². The Morgan fingerprint density at radius 2 is 1.81 bits per heavy atom. The monoisotopic (exact) mass is 441 g/mol.